The first-order chi connectivity index (χ1) is 9.52. The number of nitrogens with zero attached hydrogens (tertiary/aromatic N) is 1. The lowest BCUT2D eigenvalue weighted by Gasteiger charge is -2.27. The molecular formula is C15H12ClNO3. The van der Waals surface area contributed by atoms with E-state index >= 15 is 0 Å². The van der Waals surface area contributed by atoms with Crippen molar-refractivity contribution in [3.8, 4) is 0 Å². The van der Waals surface area contributed by atoms with Gasteiger partial charge in [0.25, 0.3) is 0 Å². The lowest BCUT2D eigenvalue weighted by molar-refractivity contribution is -0.127. The molecule has 3 rings (SSSR count). The van der Waals surface area contributed by atoms with Crippen LogP contribution in [0.15, 0.2) is 35.0 Å². The van der Waals surface area contributed by atoms with Crippen molar-refractivity contribution in [2.24, 2.45) is 0 Å². The highest BCUT2D eigenvalue weighted by molar-refractivity contribution is 6.50. The van der Waals surface area contributed by atoms with Crippen LogP contribution in [0.2, 0.25) is 0 Å². The Balaban J connectivity index is 2.16. The number of carbonyl (C=O) groups excluding carboxylic acids is 3. The van der Waals surface area contributed by atoms with E-state index in [0.29, 0.717) is 11.1 Å². The van der Waals surface area contributed by atoms with Gasteiger partial charge in [-0.1, -0.05) is 35.9 Å². The van der Waals surface area contributed by atoms with Gasteiger partial charge in [-0.3, -0.25) is 14.4 Å². The molecule has 0 aliphatic heterocycles. The number of hydrogen-bond acceptors (Lipinski definition) is 3. The Morgan fingerprint density at radius 3 is 2.20 bits per heavy atom. The van der Waals surface area contributed by atoms with Gasteiger partial charge in [0.15, 0.2) is 0 Å². The highest BCUT2D eigenvalue weighted by Gasteiger charge is 2.41. The van der Waals surface area contributed by atoms with Gasteiger partial charge in [-0.25, -0.2) is 0 Å². The van der Waals surface area contributed by atoms with Crippen LogP contribution in [0.4, 0.5) is 0 Å². The van der Waals surface area contributed by atoms with Crippen LogP contribution in [0.25, 0.3) is 0 Å². The summed E-state index contributed by atoms with van der Waals surface area (Å²) in [6.07, 6.45) is 1.66. The van der Waals surface area contributed by atoms with Crippen molar-refractivity contribution in [3.63, 3.8) is 0 Å². The van der Waals surface area contributed by atoms with Crippen LogP contribution in [0.1, 0.15) is 40.5 Å². The number of carbonyl (C=O) groups is 3. The highest BCUT2D eigenvalue weighted by Crippen LogP contribution is 2.37. The van der Waals surface area contributed by atoms with Crippen molar-refractivity contribution >= 4 is 29.1 Å². The maximum Gasteiger partial charge on any atom is 0.224 e. The van der Waals surface area contributed by atoms with E-state index in [1.165, 1.54) is 11.8 Å². The first-order valence-electron chi connectivity index (χ1n) is 6.40. The van der Waals surface area contributed by atoms with Gasteiger partial charge in [-0.2, -0.15) is 0 Å². The molecular weight excluding hydrogens is 278 g/mol. The van der Waals surface area contributed by atoms with E-state index in [-0.39, 0.29) is 28.5 Å². The molecule has 1 fully saturated rings. The van der Waals surface area contributed by atoms with Gasteiger partial charge in [-0.15, -0.1) is 0 Å². The fourth-order valence-corrected chi connectivity index (χ4v) is 2.76. The molecule has 0 heterocycles. The molecule has 0 N–H and O–H groups in total. The number of benzene rings is 1. The van der Waals surface area contributed by atoms with Crippen LogP contribution in [0.5, 0.6) is 0 Å². The van der Waals surface area contributed by atoms with Gasteiger partial charge in [0, 0.05) is 24.1 Å². The van der Waals surface area contributed by atoms with Crippen LogP contribution < -0.4 is 0 Å². The quantitative estimate of drug-likeness (QED) is 0.840. The number of ketones is 2. The van der Waals surface area contributed by atoms with Crippen LogP contribution in [0.3, 0.4) is 0 Å². The number of fused-ring (bicyclic) bond motifs is 1. The Hall–Kier alpha value is -1.94. The second kappa shape index (κ2) is 4.56. The van der Waals surface area contributed by atoms with Gasteiger partial charge in [0.2, 0.25) is 17.5 Å². The van der Waals surface area contributed by atoms with E-state index < -0.39 is 5.78 Å². The zero-order chi connectivity index (χ0) is 14.4. The summed E-state index contributed by atoms with van der Waals surface area (Å²) in [5, 5.41) is -0.157. The van der Waals surface area contributed by atoms with Crippen LogP contribution in [0, 0.1) is 0 Å². The van der Waals surface area contributed by atoms with Crippen LogP contribution >= 0.6 is 11.6 Å². The molecule has 0 radical (unpaired) electrons. The molecule has 102 valence electrons. The Morgan fingerprint density at radius 1 is 1.15 bits per heavy atom. The lowest BCUT2D eigenvalue weighted by atomic mass is 9.91. The standard InChI is InChI=1S/C15H12ClNO3/c1-8(18)17(9-6-7-9)13-12(16)14(19)10-4-2-3-5-11(10)15(13)20/h2-5,9H,6-7H2,1H3. The average Bonchev–Trinajstić information content (AvgIpc) is 3.25. The summed E-state index contributed by atoms with van der Waals surface area (Å²) in [5.41, 5.74) is 0.639. The third kappa shape index (κ3) is 1.88. The molecule has 0 atom stereocenters. The number of rotatable bonds is 2. The maximum absolute atomic E-state index is 12.6. The van der Waals surface area contributed by atoms with Gasteiger partial charge in [0.1, 0.15) is 10.7 Å². The SMILES string of the molecule is CC(=O)N(C1=C(Cl)C(=O)c2ccccc2C1=O)C1CC1. The molecule has 1 saturated carbocycles. The third-order valence-corrected chi connectivity index (χ3v) is 3.88. The van der Waals surface area contributed by atoms with E-state index in [1.807, 2.05) is 0 Å². The highest BCUT2D eigenvalue weighted by atomic mass is 35.5. The molecule has 0 spiro atoms. The molecule has 2 aliphatic rings. The summed E-state index contributed by atoms with van der Waals surface area (Å²) in [7, 11) is 0. The summed E-state index contributed by atoms with van der Waals surface area (Å²) in [5.74, 6) is -1.02. The maximum atomic E-state index is 12.6. The molecule has 0 unspecified atom stereocenters. The minimum atomic E-state index is -0.399. The molecule has 4 nitrogen and oxygen atoms in total. The normalized spacial score (nSPS) is 18.1. The fraction of sp³-hybridized carbons (Fsp3) is 0.267. The van der Waals surface area contributed by atoms with Crippen molar-refractivity contribution in [1.82, 2.24) is 4.90 Å². The van der Waals surface area contributed by atoms with Crippen molar-refractivity contribution < 1.29 is 14.4 Å². The summed E-state index contributed by atoms with van der Waals surface area (Å²) in [6, 6.07) is 6.52. The summed E-state index contributed by atoms with van der Waals surface area (Å²) >= 11 is 6.08. The fourth-order valence-electron chi connectivity index (χ4n) is 2.48. The van der Waals surface area contributed by atoms with E-state index in [9.17, 15) is 14.4 Å². The van der Waals surface area contributed by atoms with Crippen LogP contribution in [-0.4, -0.2) is 28.4 Å². The van der Waals surface area contributed by atoms with E-state index in [1.54, 1.807) is 24.3 Å². The molecule has 0 bridgehead atoms. The molecule has 20 heavy (non-hydrogen) atoms. The summed E-state index contributed by atoms with van der Waals surface area (Å²) in [6.45, 7) is 1.38. The molecule has 0 saturated heterocycles. The van der Waals surface area contributed by atoms with E-state index in [0.717, 1.165) is 12.8 Å². The predicted octanol–water partition coefficient (Wildman–Crippen LogP) is 2.53. The van der Waals surface area contributed by atoms with Crippen molar-refractivity contribution in [2.75, 3.05) is 0 Å². The summed E-state index contributed by atoms with van der Waals surface area (Å²) < 4.78 is 0. The summed E-state index contributed by atoms with van der Waals surface area (Å²) in [4.78, 5) is 38.0. The molecule has 1 aromatic carbocycles. The monoisotopic (exact) mass is 289 g/mol. The second-order valence-corrected chi connectivity index (χ2v) is 5.36. The zero-order valence-electron chi connectivity index (χ0n) is 10.9. The number of hydrogen-bond donors (Lipinski definition) is 0. The van der Waals surface area contributed by atoms with Crippen LogP contribution in [-0.2, 0) is 4.79 Å². The van der Waals surface area contributed by atoms with Gasteiger partial charge in [0.05, 0.1) is 0 Å². The number of amides is 1. The molecule has 1 aromatic rings. The first-order valence-corrected chi connectivity index (χ1v) is 6.78. The molecule has 5 heteroatoms. The number of Topliss-reactive ketones (excluding diaryl/α,β-unsaturated/α-hetero) is 2. The largest absolute Gasteiger partial charge is 0.305 e. The molecule has 2 aliphatic carbocycles. The zero-order valence-corrected chi connectivity index (χ0v) is 11.6. The Labute approximate surface area is 121 Å². The average molecular weight is 290 g/mol. The second-order valence-electron chi connectivity index (χ2n) is 4.99. The minimum absolute atomic E-state index is 0.0155. The Morgan fingerprint density at radius 2 is 1.70 bits per heavy atom. The smallest absolute Gasteiger partial charge is 0.224 e. The third-order valence-electron chi connectivity index (χ3n) is 3.53. The lowest BCUT2D eigenvalue weighted by Crippen LogP contribution is -2.37. The number of halogens is 1. The van der Waals surface area contributed by atoms with Crippen molar-refractivity contribution in [3.05, 3.63) is 46.1 Å². The van der Waals surface area contributed by atoms with Crippen molar-refractivity contribution in [1.29, 1.82) is 0 Å². The minimum Gasteiger partial charge on any atom is -0.305 e. The Bertz CT molecular complexity index is 673. The molecule has 0 aromatic heterocycles. The number of allylic oxidation sites excluding steroid dienone is 2. The van der Waals surface area contributed by atoms with Gasteiger partial charge in [-0.05, 0) is 12.8 Å². The first kappa shape index (κ1) is 13.1. The predicted molar refractivity (Wildman–Crippen MR) is 73.5 cm³/mol. The van der Waals surface area contributed by atoms with Gasteiger partial charge >= 0.3 is 0 Å². The van der Waals surface area contributed by atoms with Gasteiger partial charge < -0.3 is 4.90 Å². The Kier molecular flexibility index (Phi) is 2.98. The van der Waals surface area contributed by atoms with E-state index in [2.05, 4.69) is 0 Å². The van der Waals surface area contributed by atoms with Crippen molar-refractivity contribution in [2.45, 2.75) is 25.8 Å². The van der Waals surface area contributed by atoms with E-state index in [4.69, 9.17) is 11.6 Å². The topological polar surface area (TPSA) is 54.5 Å². The molecule has 1 amide bonds.